The summed E-state index contributed by atoms with van der Waals surface area (Å²) in [4.78, 5) is 24.2. The maximum Gasteiger partial charge on any atom is 0.289 e. The standard InChI is InChI=1S/C19H12ClFN4O3S/c1-10-14-9-17(18(26)22-12-4-7-15(20)16(8-12)25(27)28)29-19(14)24(23-10)13-5-2-11(21)3-6-13/h2-9H,1H3,(H,22,26). The Bertz CT molecular complexity index is 1270. The first-order chi connectivity index (χ1) is 13.8. The van der Waals surface area contributed by atoms with Crippen LogP contribution in [0.3, 0.4) is 0 Å². The number of anilines is 1. The molecule has 1 amide bonds. The largest absolute Gasteiger partial charge is 0.321 e. The first-order valence-corrected chi connectivity index (χ1v) is 9.53. The van der Waals surface area contributed by atoms with Gasteiger partial charge in [-0.1, -0.05) is 11.6 Å². The number of halogens is 2. The van der Waals surface area contributed by atoms with Crippen molar-refractivity contribution in [3.05, 3.63) is 80.1 Å². The van der Waals surface area contributed by atoms with E-state index in [9.17, 15) is 19.3 Å². The van der Waals surface area contributed by atoms with Gasteiger partial charge in [0.2, 0.25) is 0 Å². The number of nitrogens with zero attached hydrogens (tertiary/aromatic N) is 3. The van der Waals surface area contributed by atoms with Gasteiger partial charge in [-0.05, 0) is 49.4 Å². The van der Waals surface area contributed by atoms with E-state index in [-0.39, 0.29) is 22.2 Å². The second kappa shape index (κ2) is 7.26. The first kappa shape index (κ1) is 19.0. The molecule has 29 heavy (non-hydrogen) atoms. The molecule has 10 heteroatoms. The molecule has 0 radical (unpaired) electrons. The van der Waals surface area contributed by atoms with E-state index in [1.165, 1.54) is 41.7 Å². The number of nitro groups is 1. The van der Waals surface area contributed by atoms with Crippen molar-refractivity contribution in [1.82, 2.24) is 9.78 Å². The molecule has 2 aromatic heterocycles. The molecule has 0 unspecified atom stereocenters. The van der Waals surface area contributed by atoms with E-state index in [1.54, 1.807) is 22.9 Å². The number of carbonyl (C=O) groups excluding carboxylic acids is 1. The Morgan fingerprint density at radius 3 is 2.66 bits per heavy atom. The minimum Gasteiger partial charge on any atom is -0.321 e. The van der Waals surface area contributed by atoms with Crippen LogP contribution in [0.2, 0.25) is 5.02 Å². The molecule has 0 aliphatic carbocycles. The van der Waals surface area contributed by atoms with Gasteiger partial charge in [0.1, 0.15) is 15.7 Å². The number of carbonyl (C=O) groups is 1. The summed E-state index contributed by atoms with van der Waals surface area (Å²) < 4.78 is 14.9. The van der Waals surface area contributed by atoms with E-state index < -0.39 is 10.8 Å². The van der Waals surface area contributed by atoms with Crippen LogP contribution in [-0.2, 0) is 0 Å². The highest BCUT2D eigenvalue weighted by molar-refractivity contribution is 7.20. The summed E-state index contributed by atoms with van der Waals surface area (Å²) in [6.45, 7) is 1.82. The Morgan fingerprint density at radius 2 is 1.97 bits per heavy atom. The second-order valence-corrected chi connectivity index (χ2v) is 7.62. The quantitative estimate of drug-likeness (QED) is 0.349. The molecule has 0 bridgehead atoms. The molecule has 2 aromatic carbocycles. The number of fused-ring (bicyclic) bond motifs is 1. The number of aromatic nitrogens is 2. The maximum absolute atomic E-state index is 13.2. The number of benzene rings is 2. The Kier molecular flexibility index (Phi) is 4.77. The smallest absolute Gasteiger partial charge is 0.289 e. The molecule has 0 spiro atoms. The Morgan fingerprint density at radius 1 is 1.24 bits per heavy atom. The average Bonchev–Trinajstić information content (AvgIpc) is 3.25. The van der Waals surface area contributed by atoms with Gasteiger partial charge in [0.15, 0.2) is 0 Å². The number of nitrogens with one attached hydrogen (secondary N) is 1. The van der Waals surface area contributed by atoms with Crippen molar-refractivity contribution in [2.75, 3.05) is 5.32 Å². The minimum atomic E-state index is -0.613. The molecular formula is C19H12ClFN4O3S. The van der Waals surface area contributed by atoms with Crippen LogP contribution in [0.5, 0.6) is 0 Å². The average molecular weight is 431 g/mol. The maximum atomic E-state index is 13.2. The lowest BCUT2D eigenvalue weighted by Crippen LogP contribution is -2.10. The fraction of sp³-hybridized carbons (Fsp3) is 0.0526. The normalized spacial score (nSPS) is 11.0. The van der Waals surface area contributed by atoms with Crippen molar-refractivity contribution in [2.24, 2.45) is 0 Å². The van der Waals surface area contributed by atoms with Gasteiger partial charge < -0.3 is 5.32 Å². The van der Waals surface area contributed by atoms with E-state index in [4.69, 9.17) is 11.6 Å². The lowest BCUT2D eigenvalue weighted by atomic mass is 10.2. The minimum absolute atomic E-state index is 0.00937. The topological polar surface area (TPSA) is 90.1 Å². The summed E-state index contributed by atoms with van der Waals surface area (Å²) in [7, 11) is 0. The molecule has 0 aliphatic rings. The van der Waals surface area contributed by atoms with Gasteiger partial charge in [-0.15, -0.1) is 11.3 Å². The van der Waals surface area contributed by atoms with Gasteiger partial charge in [0, 0.05) is 17.1 Å². The summed E-state index contributed by atoms with van der Waals surface area (Å²) in [5.41, 5.74) is 1.37. The van der Waals surface area contributed by atoms with E-state index in [1.807, 2.05) is 6.92 Å². The first-order valence-electron chi connectivity index (χ1n) is 8.34. The molecule has 0 fully saturated rings. The number of amides is 1. The predicted molar refractivity (Wildman–Crippen MR) is 110 cm³/mol. The monoisotopic (exact) mass is 430 g/mol. The molecule has 0 saturated heterocycles. The van der Waals surface area contributed by atoms with Crippen molar-refractivity contribution in [3.8, 4) is 5.69 Å². The molecule has 146 valence electrons. The number of rotatable bonds is 4. The molecular weight excluding hydrogens is 419 g/mol. The van der Waals surface area contributed by atoms with E-state index >= 15 is 0 Å². The summed E-state index contributed by atoms with van der Waals surface area (Å²) >= 11 is 7.02. The van der Waals surface area contributed by atoms with E-state index in [0.29, 0.717) is 10.6 Å². The fourth-order valence-corrected chi connectivity index (χ4v) is 4.10. The van der Waals surface area contributed by atoms with Crippen molar-refractivity contribution < 1.29 is 14.1 Å². The Hall–Kier alpha value is -3.30. The Labute approximate surface area is 172 Å². The van der Waals surface area contributed by atoms with Crippen LogP contribution in [0.4, 0.5) is 15.8 Å². The zero-order valence-corrected chi connectivity index (χ0v) is 16.4. The van der Waals surface area contributed by atoms with Crippen molar-refractivity contribution >= 4 is 50.4 Å². The number of aryl methyl sites for hydroxylation is 1. The highest BCUT2D eigenvalue weighted by atomic mass is 35.5. The zero-order valence-electron chi connectivity index (χ0n) is 14.8. The molecule has 4 rings (SSSR count). The van der Waals surface area contributed by atoms with Crippen LogP contribution >= 0.6 is 22.9 Å². The van der Waals surface area contributed by atoms with E-state index in [2.05, 4.69) is 10.4 Å². The lowest BCUT2D eigenvalue weighted by Gasteiger charge is -2.04. The highest BCUT2D eigenvalue weighted by Crippen LogP contribution is 2.32. The third-order valence-electron chi connectivity index (χ3n) is 4.24. The predicted octanol–water partition coefficient (Wildman–Crippen LogP) is 5.35. The molecule has 0 atom stereocenters. The summed E-state index contributed by atoms with van der Waals surface area (Å²) in [5.74, 6) is -0.759. The molecule has 0 aliphatic heterocycles. The van der Waals surface area contributed by atoms with Gasteiger partial charge in [-0.3, -0.25) is 14.9 Å². The summed E-state index contributed by atoms with van der Waals surface area (Å²) in [5, 5.41) is 18.9. The van der Waals surface area contributed by atoms with Gasteiger partial charge >= 0.3 is 0 Å². The van der Waals surface area contributed by atoms with Gasteiger partial charge in [-0.25, -0.2) is 9.07 Å². The Balaban J connectivity index is 1.67. The lowest BCUT2D eigenvalue weighted by molar-refractivity contribution is -0.384. The third-order valence-corrected chi connectivity index (χ3v) is 5.67. The van der Waals surface area contributed by atoms with Crippen molar-refractivity contribution in [2.45, 2.75) is 6.92 Å². The molecule has 2 heterocycles. The molecule has 1 N–H and O–H groups in total. The highest BCUT2D eigenvalue weighted by Gasteiger charge is 2.19. The van der Waals surface area contributed by atoms with Crippen LogP contribution < -0.4 is 5.32 Å². The second-order valence-electron chi connectivity index (χ2n) is 6.18. The van der Waals surface area contributed by atoms with Gasteiger partial charge in [0.25, 0.3) is 11.6 Å². The van der Waals surface area contributed by atoms with Crippen LogP contribution in [0, 0.1) is 22.9 Å². The fourth-order valence-electron chi connectivity index (χ4n) is 2.84. The van der Waals surface area contributed by atoms with Gasteiger partial charge in [-0.2, -0.15) is 5.10 Å². The molecule has 7 nitrogen and oxygen atoms in total. The summed E-state index contributed by atoms with van der Waals surface area (Å²) in [6.07, 6.45) is 0. The van der Waals surface area contributed by atoms with Crippen molar-refractivity contribution in [3.63, 3.8) is 0 Å². The van der Waals surface area contributed by atoms with E-state index in [0.717, 1.165) is 15.9 Å². The van der Waals surface area contributed by atoms with Crippen LogP contribution in [0.15, 0.2) is 48.5 Å². The van der Waals surface area contributed by atoms with Crippen LogP contribution in [0.1, 0.15) is 15.4 Å². The van der Waals surface area contributed by atoms with Crippen LogP contribution in [-0.4, -0.2) is 20.6 Å². The summed E-state index contributed by atoms with van der Waals surface area (Å²) in [6, 6.07) is 11.7. The van der Waals surface area contributed by atoms with Crippen molar-refractivity contribution in [1.29, 1.82) is 0 Å². The molecule has 0 saturated carbocycles. The number of hydrogen-bond donors (Lipinski definition) is 1. The zero-order chi connectivity index (χ0) is 20.7. The van der Waals surface area contributed by atoms with Gasteiger partial charge in [0.05, 0.1) is 21.2 Å². The molecule has 4 aromatic rings. The number of hydrogen-bond acceptors (Lipinski definition) is 5. The number of nitro benzene ring substituents is 1. The SMILES string of the molecule is Cc1nn(-c2ccc(F)cc2)c2sc(C(=O)Nc3ccc(Cl)c([N+](=O)[O-])c3)cc12. The number of thiophene rings is 1. The van der Waals surface area contributed by atoms with Crippen LogP contribution in [0.25, 0.3) is 15.9 Å². The third kappa shape index (κ3) is 3.57.